The van der Waals surface area contributed by atoms with Gasteiger partial charge in [-0.2, -0.15) is 0 Å². The Morgan fingerprint density at radius 2 is 2.17 bits per heavy atom. The third-order valence-corrected chi connectivity index (χ3v) is 4.80. The highest BCUT2D eigenvalue weighted by Crippen LogP contribution is 2.29. The van der Waals surface area contributed by atoms with Crippen LogP contribution in [0.25, 0.3) is 0 Å². The average Bonchev–Trinajstić information content (AvgIpc) is 2.38. The highest BCUT2D eigenvalue weighted by Gasteiger charge is 2.37. The van der Waals surface area contributed by atoms with E-state index in [-0.39, 0.29) is 5.54 Å². The van der Waals surface area contributed by atoms with E-state index >= 15 is 0 Å². The van der Waals surface area contributed by atoms with Crippen molar-refractivity contribution in [2.75, 3.05) is 33.4 Å². The molecule has 0 aromatic heterocycles. The molecular weight excluding hydrogens is 224 g/mol. The Morgan fingerprint density at radius 1 is 1.44 bits per heavy atom. The Labute approximate surface area is 113 Å². The molecule has 1 N–H and O–H groups in total. The van der Waals surface area contributed by atoms with Crippen molar-refractivity contribution in [1.82, 2.24) is 10.2 Å². The number of ether oxygens (including phenoxy) is 1. The summed E-state index contributed by atoms with van der Waals surface area (Å²) in [4.78, 5) is 2.69. The minimum atomic E-state index is 0.266. The number of hydrogen-bond acceptors (Lipinski definition) is 3. The topological polar surface area (TPSA) is 24.5 Å². The number of hydrogen-bond donors (Lipinski definition) is 1. The van der Waals surface area contributed by atoms with Gasteiger partial charge < -0.3 is 10.1 Å². The molecule has 3 heteroatoms. The molecule has 0 spiro atoms. The van der Waals surface area contributed by atoms with Gasteiger partial charge in [0.1, 0.15) is 0 Å². The molecule has 1 saturated heterocycles. The van der Waals surface area contributed by atoms with Gasteiger partial charge in [-0.1, -0.05) is 13.8 Å². The number of piperidine rings is 1. The van der Waals surface area contributed by atoms with E-state index in [2.05, 4.69) is 37.9 Å². The summed E-state index contributed by atoms with van der Waals surface area (Å²) in [6.07, 6.45) is 3.82. The smallest absolute Gasteiger partial charge is 0.0502 e. The minimum Gasteiger partial charge on any atom is -0.384 e. The molecule has 0 aromatic carbocycles. The highest BCUT2D eigenvalue weighted by atomic mass is 16.5. The third kappa shape index (κ3) is 3.69. The number of likely N-dealkylation sites (N-methyl/N-ethyl adjacent to an activating group) is 1. The predicted octanol–water partition coefficient (Wildman–Crippen LogP) is 2.51. The molecule has 1 aliphatic rings. The molecule has 0 radical (unpaired) electrons. The molecule has 3 nitrogen and oxygen atoms in total. The first kappa shape index (κ1) is 15.9. The van der Waals surface area contributed by atoms with Gasteiger partial charge in [-0.05, 0) is 52.1 Å². The van der Waals surface area contributed by atoms with Crippen LogP contribution in [-0.2, 0) is 4.74 Å². The normalized spacial score (nSPS) is 26.8. The van der Waals surface area contributed by atoms with Crippen molar-refractivity contribution in [2.24, 2.45) is 5.92 Å². The van der Waals surface area contributed by atoms with E-state index in [1.54, 1.807) is 0 Å². The van der Waals surface area contributed by atoms with E-state index in [0.717, 1.165) is 13.2 Å². The fourth-order valence-corrected chi connectivity index (χ4v) is 3.23. The van der Waals surface area contributed by atoms with Crippen molar-refractivity contribution in [2.45, 2.75) is 58.5 Å². The zero-order valence-electron chi connectivity index (χ0n) is 13.0. The standard InChI is InChI=1S/C15H32N2O/c1-6-15(4,13(3)16-7-2)17-10-8-9-14(11-17)12-18-5/h13-14,16H,6-12H2,1-5H3. The fourth-order valence-electron chi connectivity index (χ4n) is 3.23. The molecular formula is C15H32N2O. The first-order chi connectivity index (χ1) is 8.58. The summed E-state index contributed by atoms with van der Waals surface area (Å²) in [7, 11) is 1.82. The van der Waals surface area contributed by atoms with Crippen molar-refractivity contribution >= 4 is 0 Å². The van der Waals surface area contributed by atoms with E-state index in [1.165, 1.54) is 32.4 Å². The lowest BCUT2D eigenvalue weighted by atomic mass is 9.84. The molecule has 108 valence electrons. The van der Waals surface area contributed by atoms with Crippen LogP contribution in [0.3, 0.4) is 0 Å². The average molecular weight is 256 g/mol. The van der Waals surface area contributed by atoms with Crippen molar-refractivity contribution in [3.8, 4) is 0 Å². The third-order valence-electron chi connectivity index (χ3n) is 4.80. The molecule has 1 fully saturated rings. The van der Waals surface area contributed by atoms with Crippen LogP contribution in [-0.4, -0.2) is 49.8 Å². The van der Waals surface area contributed by atoms with Crippen molar-refractivity contribution in [3.63, 3.8) is 0 Å². The molecule has 1 rings (SSSR count). The van der Waals surface area contributed by atoms with Crippen LogP contribution in [0.4, 0.5) is 0 Å². The Bertz CT molecular complexity index is 233. The number of nitrogens with zero attached hydrogens (tertiary/aromatic N) is 1. The molecule has 0 bridgehead atoms. The number of likely N-dealkylation sites (tertiary alicyclic amines) is 1. The Morgan fingerprint density at radius 3 is 2.72 bits per heavy atom. The highest BCUT2D eigenvalue weighted by molar-refractivity contribution is 4.95. The maximum atomic E-state index is 5.34. The Balaban J connectivity index is 2.68. The summed E-state index contributed by atoms with van der Waals surface area (Å²) in [5.41, 5.74) is 0.266. The molecule has 0 saturated carbocycles. The first-order valence-corrected chi connectivity index (χ1v) is 7.55. The van der Waals surface area contributed by atoms with Gasteiger partial charge in [-0.25, -0.2) is 0 Å². The van der Waals surface area contributed by atoms with E-state index < -0.39 is 0 Å². The molecule has 3 unspecified atom stereocenters. The number of rotatable bonds is 7. The van der Waals surface area contributed by atoms with E-state index in [0.29, 0.717) is 12.0 Å². The van der Waals surface area contributed by atoms with Crippen molar-refractivity contribution in [1.29, 1.82) is 0 Å². The quantitative estimate of drug-likeness (QED) is 0.757. The van der Waals surface area contributed by atoms with Crippen LogP contribution in [0.2, 0.25) is 0 Å². The van der Waals surface area contributed by atoms with Crippen LogP contribution >= 0.6 is 0 Å². The molecule has 1 aliphatic heterocycles. The van der Waals surface area contributed by atoms with Gasteiger partial charge in [-0.15, -0.1) is 0 Å². The fraction of sp³-hybridized carbons (Fsp3) is 1.00. The summed E-state index contributed by atoms with van der Waals surface area (Å²) in [6, 6.07) is 0.536. The van der Waals surface area contributed by atoms with E-state index in [1.807, 2.05) is 7.11 Å². The molecule has 0 aliphatic carbocycles. The summed E-state index contributed by atoms with van der Waals surface area (Å²) < 4.78 is 5.34. The molecule has 1 heterocycles. The molecule has 0 aromatic rings. The summed E-state index contributed by atoms with van der Waals surface area (Å²) in [5, 5.41) is 3.61. The summed E-state index contributed by atoms with van der Waals surface area (Å²) in [6.45, 7) is 13.6. The lowest BCUT2D eigenvalue weighted by molar-refractivity contribution is 0.00792. The summed E-state index contributed by atoms with van der Waals surface area (Å²) >= 11 is 0. The molecule has 0 amide bonds. The van der Waals surface area contributed by atoms with Crippen LogP contribution in [0.5, 0.6) is 0 Å². The first-order valence-electron chi connectivity index (χ1n) is 7.55. The second kappa shape index (κ2) is 7.46. The van der Waals surface area contributed by atoms with Crippen LogP contribution in [0, 0.1) is 5.92 Å². The monoisotopic (exact) mass is 256 g/mol. The van der Waals surface area contributed by atoms with Gasteiger partial charge in [-0.3, -0.25) is 4.90 Å². The van der Waals surface area contributed by atoms with Gasteiger partial charge in [0.2, 0.25) is 0 Å². The van der Waals surface area contributed by atoms with Gasteiger partial charge in [0.25, 0.3) is 0 Å². The molecule has 18 heavy (non-hydrogen) atoms. The maximum Gasteiger partial charge on any atom is 0.0502 e. The summed E-state index contributed by atoms with van der Waals surface area (Å²) in [5.74, 6) is 0.712. The van der Waals surface area contributed by atoms with Crippen LogP contribution < -0.4 is 5.32 Å². The number of nitrogens with one attached hydrogen (secondary N) is 1. The Kier molecular flexibility index (Phi) is 6.61. The van der Waals surface area contributed by atoms with Crippen molar-refractivity contribution < 1.29 is 4.74 Å². The minimum absolute atomic E-state index is 0.266. The van der Waals surface area contributed by atoms with Crippen LogP contribution in [0.15, 0.2) is 0 Å². The molecule has 3 atom stereocenters. The van der Waals surface area contributed by atoms with Gasteiger partial charge in [0.05, 0.1) is 6.61 Å². The van der Waals surface area contributed by atoms with E-state index in [4.69, 9.17) is 4.74 Å². The second-order valence-corrected chi connectivity index (χ2v) is 5.90. The van der Waals surface area contributed by atoms with Crippen molar-refractivity contribution in [3.05, 3.63) is 0 Å². The lowest BCUT2D eigenvalue weighted by Crippen LogP contribution is -2.60. The predicted molar refractivity (Wildman–Crippen MR) is 78.0 cm³/mol. The maximum absolute atomic E-state index is 5.34. The largest absolute Gasteiger partial charge is 0.384 e. The van der Waals surface area contributed by atoms with Gasteiger partial charge in [0.15, 0.2) is 0 Å². The number of methoxy groups -OCH3 is 1. The Hall–Kier alpha value is -0.120. The lowest BCUT2D eigenvalue weighted by Gasteiger charge is -2.48. The van der Waals surface area contributed by atoms with Gasteiger partial charge in [0, 0.05) is 25.2 Å². The SMILES string of the molecule is CCNC(C)C(C)(CC)N1CCCC(COC)C1. The zero-order chi connectivity index (χ0) is 13.6. The zero-order valence-corrected chi connectivity index (χ0v) is 13.0. The van der Waals surface area contributed by atoms with E-state index in [9.17, 15) is 0 Å². The van der Waals surface area contributed by atoms with Crippen LogP contribution in [0.1, 0.15) is 47.0 Å². The van der Waals surface area contributed by atoms with Gasteiger partial charge >= 0.3 is 0 Å². The second-order valence-electron chi connectivity index (χ2n) is 5.90.